The first-order valence-corrected chi connectivity index (χ1v) is 9.34. The lowest BCUT2D eigenvalue weighted by atomic mass is 9.95. The number of piperidine rings is 1. The summed E-state index contributed by atoms with van der Waals surface area (Å²) in [6, 6.07) is 0.420. The van der Waals surface area contributed by atoms with Gasteiger partial charge in [0.2, 0.25) is 5.91 Å². The number of amides is 1. The fourth-order valence-electron chi connectivity index (χ4n) is 3.54. The van der Waals surface area contributed by atoms with Crippen LogP contribution in [0.2, 0.25) is 0 Å². The van der Waals surface area contributed by atoms with Gasteiger partial charge in [0.1, 0.15) is 10.0 Å². The van der Waals surface area contributed by atoms with Crippen molar-refractivity contribution < 1.29 is 4.79 Å². The molecule has 5 nitrogen and oxygen atoms in total. The van der Waals surface area contributed by atoms with Crippen molar-refractivity contribution in [3.8, 4) is 0 Å². The number of likely N-dealkylation sites (tertiary alicyclic amines) is 1. The van der Waals surface area contributed by atoms with E-state index in [1.165, 1.54) is 24.3 Å². The second kappa shape index (κ2) is 7.51. The minimum atomic E-state index is 0.206. The number of nitrogens with one attached hydrogen (secondary N) is 1. The van der Waals surface area contributed by atoms with E-state index in [4.69, 9.17) is 0 Å². The molecule has 122 valence electrons. The van der Waals surface area contributed by atoms with E-state index in [0.717, 1.165) is 43.8 Å². The van der Waals surface area contributed by atoms with E-state index >= 15 is 0 Å². The average Bonchev–Trinajstić information content (AvgIpc) is 2.95. The highest BCUT2D eigenvalue weighted by atomic mass is 32.1. The van der Waals surface area contributed by atoms with Gasteiger partial charge in [0.05, 0.1) is 6.54 Å². The number of hydrogen-bond acceptors (Lipinski definition) is 5. The number of nitrogens with zero attached hydrogens (tertiary/aromatic N) is 3. The molecule has 0 unspecified atom stereocenters. The van der Waals surface area contributed by atoms with E-state index in [1.54, 1.807) is 11.3 Å². The fourth-order valence-corrected chi connectivity index (χ4v) is 4.41. The van der Waals surface area contributed by atoms with Crippen LogP contribution in [-0.4, -0.2) is 46.7 Å². The summed E-state index contributed by atoms with van der Waals surface area (Å²) in [4.78, 5) is 14.4. The van der Waals surface area contributed by atoms with Crippen molar-refractivity contribution in [3.63, 3.8) is 0 Å². The van der Waals surface area contributed by atoms with E-state index in [-0.39, 0.29) is 5.91 Å². The van der Waals surface area contributed by atoms with E-state index < -0.39 is 0 Å². The molecule has 0 aromatic carbocycles. The molecule has 1 aliphatic carbocycles. The summed E-state index contributed by atoms with van der Waals surface area (Å²) in [6.07, 6.45) is 8.34. The Morgan fingerprint density at radius 1 is 1.18 bits per heavy atom. The van der Waals surface area contributed by atoms with Crippen LogP contribution in [0, 0.1) is 6.92 Å². The smallest absolute Gasteiger partial charge is 0.234 e. The Morgan fingerprint density at radius 3 is 2.55 bits per heavy atom. The van der Waals surface area contributed by atoms with Gasteiger partial charge in [-0.25, -0.2) is 0 Å². The minimum Gasteiger partial charge on any atom is -0.352 e. The van der Waals surface area contributed by atoms with E-state index in [9.17, 15) is 4.79 Å². The van der Waals surface area contributed by atoms with Gasteiger partial charge in [-0.2, -0.15) is 0 Å². The third kappa shape index (κ3) is 4.26. The van der Waals surface area contributed by atoms with Crippen molar-refractivity contribution in [2.24, 2.45) is 0 Å². The molecule has 0 spiro atoms. The molecule has 1 aromatic rings. The first-order valence-electron chi connectivity index (χ1n) is 8.52. The van der Waals surface area contributed by atoms with Crippen molar-refractivity contribution in [2.75, 3.05) is 19.6 Å². The molecule has 2 aliphatic rings. The van der Waals surface area contributed by atoms with Crippen molar-refractivity contribution in [1.29, 1.82) is 0 Å². The van der Waals surface area contributed by atoms with Gasteiger partial charge in [-0.05, 0) is 45.7 Å². The van der Waals surface area contributed by atoms with Crippen LogP contribution in [0.15, 0.2) is 0 Å². The van der Waals surface area contributed by atoms with Crippen molar-refractivity contribution in [3.05, 3.63) is 10.0 Å². The Morgan fingerprint density at radius 2 is 1.91 bits per heavy atom. The lowest BCUT2D eigenvalue weighted by molar-refractivity contribution is -0.123. The monoisotopic (exact) mass is 322 g/mol. The first-order chi connectivity index (χ1) is 10.7. The maximum atomic E-state index is 12.2. The standard InChI is InChI=1S/C16H26N4OS/c1-12-18-19-16(22-12)13-7-9-20(10-8-13)11-15(21)17-14-5-3-2-4-6-14/h13-14H,2-11H2,1H3,(H,17,21). The zero-order valence-electron chi connectivity index (χ0n) is 13.4. The Kier molecular flexibility index (Phi) is 5.41. The molecule has 1 saturated heterocycles. The third-order valence-corrected chi connectivity index (χ3v) is 5.82. The molecule has 1 aromatic heterocycles. The Hall–Kier alpha value is -1.01. The number of carbonyl (C=O) groups excluding carboxylic acids is 1. The van der Waals surface area contributed by atoms with E-state index in [0.29, 0.717) is 18.5 Å². The van der Waals surface area contributed by atoms with Gasteiger partial charge in [0.25, 0.3) is 0 Å². The fraction of sp³-hybridized carbons (Fsp3) is 0.812. The molecule has 0 atom stereocenters. The van der Waals surface area contributed by atoms with Crippen molar-refractivity contribution >= 4 is 17.2 Å². The maximum Gasteiger partial charge on any atom is 0.234 e. The molecule has 1 amide bonds. The van der Waals surface area contributed by atoms with Crippen LogP contribution in [-0.2, 0) is 4.79 Å². The number of rotatable bonds is 4. The molecule has 22 heavy (non-hydrogen) atoms. The summed E-state index contributed by atoms with van der Waals surface area (Å²) in [7, 11) is 0. The van der Waals surface area contributed by atoms with Crippen molar-refractivity contribution in [2.45, 2.75) is 63.8 Å². The molecule has 3 rings (SSSR count). The van der Waals surface area contributed by atoms with E-state index in [2.05, 4.69) is 20.4 Å². The summed E-state index contributed by atoms with van der Waals surface area (Å²) in [5.41, 5.74) is 0. The number of hydrogen-bond donors (Lipinski definition) is 1. The van der Waals surface area contributed by atoms with Crippen molar-refractivity contribution in [1.82, 2.24) is 20.4 Å². The first kappa shape index (κ1) is 15.9. The molecule has 6 heteroatoms. The largest absolute Gasteiger partial charge is 0.352 e. The zero-order chi connectivity index (χ0) is 15.4. The lowest BCUT2D eigenvalue weighted by Crippen LogP contribution is -2.44. The Bertz CT molecular complexity index is 490. The average molecular weight is 322 g/mol. The van der Waals surface area contributed by atoms with Gasteiger partial charge < -0.3 is 5.32 Å². The highest BCUT2D eigenvalue weighted by molar-refractivity contribution is 7.11. The van der Waals surface area contributed by atoms with Gasteiger partial charge in [0.15, 0.2) is 0 Å². The highest BCUT2D eigenvalue weighted by Crippen LogP contribution is 2.29. The normalized spacial score (nSPS) is 21.9. The molecule has 0 bridgehead atoms. The highest BCUT2D eigenvalue weighted by Gasteiger charge is 2.25. The number of aryl methyl sites for hydroxylation is 1. The van der Waals surface area contributed by atoms with Crippen LogP contribution in [0.1, 0.15) is 60.9 Å². The number of aromatic nitrogens is 2. The Balaban J connectivity index is 1.40. The lowest BCUT2D eigenvalue weighted by Gasteiger charge is -2.31. The molecular formula is C16H26N4OS. The molecular weight excluding hydrogens is 296 g/mol. The Labute approximate surface area is 136 Å². The van der Waals surface area contributed by atoms with Crippen LogP contribution in [0.4, 0.5) is 0 Å². The minimum absolute atomic E-state index is 0.206. The zero-order valence-corrected chi connectivity index (χ0v) is 14.2. The molecule has 0 radical (unpaired) electrons. The van der Waals surface area contributed by atoms with Gasteiger partial charge in [-0.3, -0.25) is 9.69 Å². The van der Waals surface area contributed by atoms with Crippen LogP contribution in [0.3, 0.4) is 0 Å². The van der Waals surface area contributed by atoms with Crippen LogP contribution in [0.5, 0.6) is 0 Å². The second-order valence-electron chi connectivity index (χ2n) is 6.61. The second-order valence-corrected chi connectivity index (χ2v) is 7.83. The maximum absolute atomic E-state index is 12.2. The SMILES string of the molecule is Cc1nnc(C2CCN(CC(=O)NC3CCCCC3)CC2)s1. The summed E-state index contributed by atoms with van der Waals surface area (Å²) in [5, 5.41) is 13.8. The molecule has 2 heterocycles. The molecule has 2 fully saturated rings. The third-order valence-electron chi connectivity index (χ3n) is 4.82. The molecule has 1 saturated carbocycles. The topological polar surface area (TPSA) is 58.1 Å². The van der Waals surface area contributed by atoms with E-state index in [1.807, 2.05) is 6.92 Å². The predicted octanol–water partition coefficient (Wildman–Crippen LogP) is 2.47. The summed E-state index contributed by atoms with van der Waals surface area (Å²) in [6.45, 7) is 4.53. The van der Waals surface area contributed by atoms with Gasteiger partial charge in [0, 0.05) is 12.0 Å². The molecule has 1 aliphatic heterocycles. The van der Waals surface area contributed by atoms with Gasteiger partial charge in [-0.15, -0.1) is 21.5 Å². The summed E-state index contributed by atoms with van der Waals surface area (Å²) in [5.74, 6) is 0.737. The van der Waals surface area contributed by atoms with Crippen LogP contribution >= 0.6 is 11.3 Å². The quantitative estimate of drug-likeness (QED) is 0.925. The molecule has 1 N–H and O–H groups in total. The summed E-state index contributed by atoms with van der Waals surface area (Å²) < 4.78 is 0. The van der Waals surface area contributed by atoms with Crippen LogP contribution in [0.25, 0.3) is 0 Å². The predicted molar refractivity (Wildman–Crippen MR) is 88.1 cm³/mol. The van der Waals surface area contributed by atoms with Crippen LogP contribution < -0.4 is 5.32 Å². The number of carbonyl (C=O) groups is 1. The van der Waals surface area contributed by atoms with Gasteiger partial charge in [-0.1, -0.05) is 19.3 Å². The summed E-state index contributed by atoms with van der Waals surface area (Å²) >= 11 is 1.71. The van der Waals surface area contributed by atoms with Gasteiger partial charge >= 0.3 is 0 Å².